The van der Waals surface area contributed by atoms with Crippen LogP contribution in [-0.2, 0) is 28.9 Å². The Morgan fingerprint density at radius 3 is 2.85 bits per heavy atom. The maximum Gasteiger partial charge on any atom is 0.337 e. The van der Waals surface area contributed by atoms with Crippen LogP contribution in [0.5, 0.6) is 0 Å². The van der Waals surface area contributed by atoms with Gasteiger partial charge in [-0.2, -0.15) is 0 Å². The minimum Gasteiger partial charge on any atom is -0.465 e. The molecular weight excluding hydrogens is 358 g/mol. The van der Waals surface area contributed by atoms with E-state index in [4.69, 9.17) is 9.15 Å². The highest BCUT2D eigenvalue weighted by molar-refractivity contribution is 5.75. The zero-order valence-electron chi connectivity index (χ0n) is 14.5. The maximum atomic E-state index is 12.0. The van der Waals surface area contributed by atoms with Crippen molar-refractivity contribution in [3.05, 3.63) is 54.8 Å². The molecule has 11 heteroatoms. The molecule has 0 unspecified atom stereocenters. The van der Waals surface area contributed by atoms with Crippen molar-refractivity contribution in [3.63, 3.8) is 0 Å². The average Bonchev–Trinajstić information content (AvgIpc) is 3.01. The summed E-state index contributed by atoms with van der Waals surface area (Å²) in [4.78, 5) is 50.8. The fraction of sp³-hybridized carbons (Fsp3) is 0.375. The van der Waals surface area contributed by atoms with Gasteiger partial charge in [0.1, 0.15) is 11.9 Å². The van der Waals surface area contributed by atoms with E-state index in [0.717, 1.165) is 0 Å². The molecule has 0 saturated carbocycles. The Bertz CT molecular complexity index is 1130. The molecule has 0 fully saturated rings. The third-order valence-corrected chi connectivity index (χ3v) is 3.79. The predicted molar refractivity (Wildman–Crippen MR) is 92.4 cm³/mol. The van der Waals surface area contributed by atoms with E-state index in [2.05, 4.69) is 20.3 Å². The lowest BCUT2D eigenvalue weighted by atomic mass is 10.1. The van der Waals surface area contributed by atoms with E-state index in [1.807, 2.05) is 0 Å². The SMILES string of the molecule is CCOC(=O)Cn1cc(CCCc2cc(=O)oc3[nH]c(=O)[nH]c(=O)c23)nn1. The van der Waals surface area contributed by atoms with E-state index >= 15 is 0 Å². The third kappa shape index (κ3) is 4.37. The molecule has 0 saturated heterocycles. The molecule has 0 radical (unpaired) electrons. The Morgan fingerprint density at radius 2 is 2.07 bits per heavy atom. The molecule has 0 amide bonds. The molecule has 0 spiro atoms. The van der Waals surface area contributed by atoms with Crippen molar-refractivity contribution in [3.8, 4) is 0 Å². The van der Waals surface area contributed by atoms with Crippen molar-refractivity contribution in [1.82, 2.24) is 25.0 Å². The van der Waals surface area contributed by atoms with E-state index in [9.17, 15) is 19.2 Å². The summed E-state index contributed by atoms with van der Waals surface area (Å²) in [5.74, 6) is -0.398. The van der Waals surface area contributed by atoms with Crippen LogP contribution in [0.15, 0.2) is 31.1 Å². The van der Waals surface area contributed by atoms with Crippen molar-refractivity contribution in [2.75, 3.05) is 6.61 Å². The monoisotopic (exact) mass is 375 g/mol. The molecule has 0 aromatic carbocycles. The highest BCUT2D eigenvalue weighted by atomic mass is 16.5. The number of fused-ring (bicyclic) bond motifs is 1. The molecule has 27 heavy (non-hydrogen) atoms. The number of ether oxygens (including phenoxy) is 1. The van der Waals surface area contributed by atoms with Gasteiger partial charge in [-0.3, -0.25) is 19.6 Å². The minimum absolute atomic E-state index is 0.0199. The Kier molecular flexibility index (Phi) is 5.29. The summed E-state index contributed by atoms with van der Waals surface area (Å²) in [6.45, 7) is 2.00. The average molecular weight is 375 g/mol. The van der Waals surface area contributed by atoms with E-state index in [-0.39, 0.29) is 17.6 Å². The molecule has 11 nitrogen and oxygen atoms in total. The number of aromatic nitrogens is 5. The van der Waals surface area contributed by atoms with Crippen LogP contribution in [0.25, 0.3) is 11.1 Å². The number of carbonyl (C=O) groups excluding carboxylic acids is 1. The van der Waals surface area contributed by atoms with E-state index in [0.29, 0.717) is 37.1 Å². The molecule has 0 aliphatic carbocycles. The third-order valence-electron chi connectivity index (χ3n) is 3.79. The van der Waals surface area contributed by atoms with Gasteiger partial charge in [-0.1, -0.05) is 5.21 Å². The normalized spacial score (nSPS) is 11.0. The zero-order valence-corrected chi connectivity index (χ0v) is 14.5. The minimum atomic E-state index is -0.744. The first-order valence-corrected chi connectivity index (χ1v) is 8.30. The molecule has 2 N–H and O–H groups in total. The number of carbonyl (C=O) groups is 1. The first-order chi connectivity index (χ1) is 13.0. The number of aryl methyl sites for hydroxylation is 2. The van der Waals surface area contributed by atoms with Gasteiger partial charge in [0.25, 0.3) is 5.56 Å². The van der Waals surface area contributed by atoms with E-state index in [1.165, 1.54) is 10.7 Å². The van der Waals surface area contributed by atoms with Crippen LogP contribution >= 0.6 is 0 Å². The molecule has 3 aromatic heterocycles. The van der Waals surface area contributed by atoms with Crippen LogP contribution < -0.4 is 16.9 Å². The molecule has 0 atom stereocenters. The van der Waals surface area contributed by atoms with E-state index in [1.54, 1.807) is 13.1 Å². The van der Waals surface area contributed by atoms with Crippen molar-refractivity contribution < 1.29 is 13.9 Å². The van der Waals surface area contributed by atoms with Gasteiger partial charge in [0.2, 0.25) is 5.71 Å². The zero-order chi connectivity index (χ0) is 19.4. The molecular formula is C16H17N5O6. The number of aromatic amines is 2. The summed E-state index contributed by atoms with van der Waals surface area (Å²) < 4.78 is 11.1. The second-order valence-electron chi connectivity index (χ2n) is 5.77. The second-order valence-corrected chi connectivity index (χ2v) is 5.77. The number of nitrogens with zero attached hydrogens (tertiary/aromatic N) is 3. The number of nitrogens with one attached hydrogen (secondary N) is 2. The smallest absolute Gasteiger partial charge is 0.337 e. The molecule has 0 aliphatic heterocycles. The highest BCUT2D eigenvalue weighted by Gasteiger charge is 2.12. The van der Waals surface area contributed by atoms with Gasteiger partial charge in [0, 0.05) is 12.3 Å². The van der Waals surface area contributed by atoms with Crippen molar-refractivity contribution in [2.24, 2.45) is 0 Å². The fourth-order valence-corrected chi connectivity index (χ4v) is 2.70. The first-order valence-electron chi connectivity index (χ1n) is 8.30. The Hall–Kier alpha value is -3.50. The van der Waals surface area contributed by atoms with Crippen molar-refractivity contribution >= 4 is 17.1 Å². The maximum absolute atomic E-state index is 12.0. The summed E-state index contributed by atoms with van der Waals surface area (Å²) in [5.41, 5.74) is -1.03. The Balaban J connectivity index is 1.70. The lowest BCUT2D eigenvalue weighted by Crippen LogP contribution is -2.24. The van der Waals surface area contributed by atoms with Crippen molar-refractivity contribution in [1.29, 1.82) is 0 Å². The van der Waals surface area contributed by atoms with Gasteiger partial charge < -0.3 is 9.15 Å². The van der Waals surface area contributed by atoms with Crippen LogP contribution in [0.1, 0.15) is 24.6 Å². The summed E-state index contributed by atoms with van der Waals surface area (Å²) in [5, 5.41) is 7.98. The van der Waals surface area contributed by atoms with Gasteiger partial charge in [-0.05, 0) is 31.7 Å². The number of hydrogen-bond acceptors (Lipinski definition) is 8. The Labute approximate surface area is 151 Å². The van der Waals surface area contributed by atoms with Crippen LogP contribution in [0.3, 0.4) is 0 Å². The van der Waals surface area contributed by atoms with Gasteiger partial charge in [-0.25, -0.2) is 14.3 Å². The summed E-state index contributed by atoms with van der Waals surface area (Å²) in [7, 11) is 0. The largest absolute Gasteiger partial charge is 0.465 e. The van der Waals surface area contributed by atoms with Crippen LogP contribution in [0.2, 0.25) is 0 Å². The number of esters is 1. The molecule has 0 aliphatic rings. The lowest BCUT2D eigenvalue weighted by Gasteiger charge is -2.03. The van der Waals surface area contributed by atoms with E-state index < -0.39 is 22.8 Å². The number of H-pyrrole nitrogens is 2. The molecule has 0 bridgehead atoms. The van der Waals surface area contributed by atoms with Crippen LogP contribution in [-0.4, -0.2) is 37.5 Å². The van der Waals surface area contributed by atoms with Crippen LogP contribution in [0.4, 0.5) is 0 Å². The number of rotatable bonds is 7. The van der Waals surface area contributed by atoms with Gasteiger partial charge in [0.15, 0.2) is 0 Å². The van der Waals surface area contributed by atoms with Gasteiger partial charge >= 0.3 is 17.3 Å². The van der Waals surface area contributed by atoms with Crippen LogP contribution in [0, 0.1) is 0 Å². The Morgan fingerprint density at radius 1 is 1.26 bits per heavy atom. The summed E-state index contributed by atoms with van der Waals surface area (Å²) in [6, 6.07) is 1.23. The lowest BCUT2D eigenvalue weighted by molar-refractivity contribution is -0.144. The fourth-order valence-electron chi connectivity index (χ4n) is 2.70. The second kappa shape index (κ2) is 7.81. The quantitative estimate of drug-likeness (QED) is 0.524. The standard InChI is InChI=1S/C16H17N5O6/c1-2-26-12(23)8-21-7-10(19-20-21)5-3-4-9-6-11(22)27-15-13(9)14(24)17-16(25)18-15/h6-7H,2-5,8H2,1H3,(H2,17,18,24,25). The molecule has 3 rings (SSSR count). The summed E-state index contributed by atoms with van der Waals surface area (Å²) in [6.07, 6.45) is 3.11. The van der Waals surface area contributed by atoms with Crippen molar-refractivity contribution in [2.45, 2.75) is 32.7 Å². The summed E-state index contributed by atoms with van der Waals surface area (Å²) >= 11 is 0. The highest BCUT2D eigenvalue weighted by Crippen LogP contribution is 2.12. The van der Waals surface area contributed by atoms with Gasteiger partial charge in [-0.15, -0.1) is 5.10 Å². The van der Waals surface area contributed by atoms with Gasteiger partial charge in [0.05, 0.1) is 12.3 Å². The molecule has 142 valence electrons. The first kappa shape index (κ1) is 18.3. The number of hydrogen-bond donors (Lipinski definition) is 2. The topological polar surface area (TPSA) is 153 Å². The molecule has 3 aromatic rings. The molecule has 3 heterocycles. The predicted octanol–water partition coefficient (Wildman–Crippen LogP) is -0.500.